The molecule has 0 aliphatic carbocycles. The van der Waals surface area contributed by atoms with Gasteiger partial charge in [0.15, 0.2) is 5.03 Å². The lowest BCUT2D eigenvalue weighted by Gasteiger charge is -2.16. The molecule has 21 heavy (non-hydrogen) atoms. The van der Waals surface area contributed by atoms with Crippen LogP contribution in [0.2, 0.25) is 0 Å². The number of hydrogen-bond donors (Lipinski definition) is 1. The van der Waals surface area contributed by atoms with E-state index >= 15 is 0 Å². The molecule has 0 radical (unpaired) electrons. The van der Waals surface area contributed by atoms with E-state index in [1.165, 1.54) is 16.6 Å². The van der Waals surface area contributed by atoms with Crippen molar-refractivity contribution in [3.05, 3.63) is 54.0 Å². The Morgan fingerprint density at radius 3 is 2.43 bits per heavy atom. The van der Waals surface area contributed by atoms with Crippen molar-refractivity contribution in [2.24, 2.45) is 5.73 Å². The maximum absolute atomic E-state index is 12.4. The van der Waals surface area contributed by atoms with E-state index in [1.807, 2.05) is 12.1 Å². The molecule has 0 atom stereocenters. The van der Waals surface area contributed by atoms with Crippen LogP contribution >= 0.6 is 0 Å². The Balaban J connectivity index is 2.07. The number of pyridine rings is 2. The maximum Gasteiger partial charge on any atom is 0.260 e. The zero-order chi connectivity index (χ0) is 15.3. The van der Waals surface area contributed by atoms with Crippen molar-refractivity contribution in [3.8, 4) is 0 Å². The largest absolute Gasteiger partial charge is 0.326 e. The highest BCUT2D eigenvalue weighted by Crippen LogP contribution is 2.12. The van der Waals surface area contributed by atoms with Gasteiger partial charge in [0, 0.05) is 38.7 Å². The van der Waals surface area contributed by atoms with E-state index < -0.39 is 10.0 Å². The molecule has 2 aromatic heterocycles. The predicted molar refractivity (Wildman–Crippen MR) is 79.9 cm³/mol. The molecule has 0 saturated heterocycles. The van der Waals surface area contributed by atoms with Crippen LogP contribution in [-0.4, -0.2) is 36.3 Å². The average Bonchev–Trinajstić information content (AvgIpc) is 2.53. The third-order valence-electron chi connectivity index (χ3n) is 3.17. The summed E-state index contributed by atoms with van der Waals surface area (Å²) in [5, 5.41) is 0.0388. The lowest BCUT2D eigenvalue weighted by molar-refractivity contribution is 0.469. The van der Waals surface area contributed by atoms with Crippen molar-refractivity contribution in [3.63, 3.8) is 0 Å². The van der Waals surface area contributed by atoms with Gasteiger partial charge in [0.05, 0.1) is 0 Å². The lowest BCUT2D eigenvalue weighted by Crippen LogP contribution is -2.29. The first-order valence-corrected chi connectivity index (χ1v) is 7.98. The van der Waals surface area contributed by atoms with Gasteiger partial charge < -0.3 is 5.73 Å². The zero-order valence-corrected chi connectivity index (χ0v) is 12.6. The molecule has 0 amide bonds. The molecular formula is C14H18N4O2S. The molecule has 0 aliphatic rings. The number of hydrogen-bond acceptors (Lipinski definition) is 5. The zero-order valence-electron chi connectivity index (χ0n) is 11.8. The Bertz CT molecular complexity index is 672. The minimum absolute atomic E-state index is 0.0388. The fraction of sp³-hybridized carbons (Fsp3) is 0.286. The molecule has 7 heteroatoms. The summed E-state index contributed by atoms with van der Waals surface area (Å²) >= 11 is 0. The Morgan fingerprint density at radius 2 is 1.86 bits per heavy atom. The Hall–Kier alpha value is -1.83. The highest BCUT2D eigenvalue weighted by molar-refractivity contribution is 7.89. The first-order chi connectivity index (χ1) is 10.0. The molecule has 2 aromatic rings. The van der Waals surface area contributed by atoms with Crippen LogP contribution in [0.3, 0.4) is 0 Å². The van der Waals surface area contributed by atoms with Crippen molar-refractivity contribution in [2.45, 2.75) is 18.0 Å². The van der Waals surface area contributed by atoms with Crippen LogP contribution in [0, 0.1) is 0 Å². The molecular weight excluding hydrogens is 288 g/mol. The number of likely N-dealkylation sites (N-methyl/N-ethyl adjacent to an activating group) is 1. The fourth-order valence-corrected chi connectivity index (χ4v) is 2.88. The third kappa shape index (κ3) is 3.84. The van der Waals surface area contributed by atoms with Gasteiger partial charge >= 0.3 is 0 Å². The van der Waals surface area contributed by atoms with E-state index in [4.69, 9.17) is 5.73 Å². The van der Waals surface area contributed by atoms with Gasteiger partial charge in [-0.2, -0.15) is 4.31 Å². The molecule has 0 fully saturated rings. The van der Waals surface area contributed by atoms with Gasteiger partial charge in [0.1, 0.15) is 0 Å². The first kappa shape index (κ1) is 15.6. The SMILES string of the molecule is CN(CCc1ccncc1)S(=O)(=O)c1ccc(CN)cn1. The van der Waals surface area contributed by atoms with Gasteiger partial charge in [-0.05, 0) is 35.7 Å². The highest BCUT2D eigenvalue weighted by atomic mass is 32.2. The maximum atomic E-state index is 12.4. The van der Waals surface area contributed by atoms with E-state index in [9.17, 15) is 8.42 Å². The second kappa shape index (κ2) is 6.75. The number of aromatic nitrogens is 2. The smallest absolute Gasteiger partial charge is 0.260 e. The Kier molecular flexibility index (Phi) is 5.00. The Morgan fingerprint density at radius 1 is 1.14 bits per heavy atom. The fourth-order valence-electron chi connectivity index (χ4n) is 1.80. The van der Waals surface area contributed by atoms with Crippen LogP contribution in [0.4, 0.5) is 0 Å². The van der Waals surface area contributed by atoms with E-state index in [0.29, 0.717) is 19.5 Å². The monoisotopic (exact) mass is 306 g/mol. The van der Waals surface area contributed by atoms with Gasteiger partial charge in [-0.1, -0.05) is 6.07 Å². The first-order valence-electron chi connectivity index (χ1n) is 6.54. The van der Waals surface area contributed by atoms with Crippen molar-refractivity contribution >= 4 is 10.0 Å². The van der Waals surface area contributed by atoms with Crippen LogP contribution < -0.4 is 5.73 Å². The summed E-state index contributed by atoms with van der Waals surface area (Å²) in [6, 6.07) is 6.90. The topological polar surface area (TPSA) is 89.2 Å². The molecule has 0 spiro atoms. The molecule has 2 N–H and O–H groups in total. The van der Waals surface area contributed by atoms with Crippen molar-refractivity contribution < 1.29 is 8.42 Å². The summed E-state index contributed by atoms with van der Waals surface area (Å²) in [4.78, 5) is 7.91. The van der Waals surface area contributed by atoms with Gasteiger partial charge in [-0.15, -0.1) is 0 Å². The van der Waals surface area contributed by atoms with Gasteiger partial charge in [-0.25, -0.2) is 13.4 Å². The number of sulfonamides is 1. The molecule has 0 bridgehead atoms. The summed E-state index contributed by atoms with van der Waals surface area (Å²) < 4.78 is 26.0. The van der Waals surface area contributed by atoms with Gasteiger partial charge in [0.25, 0.3) is 10.0 Å². The third-order valence-corrected chi connectivity index (χ3v) is 4.95. The van der Waals surface area contributed by atoms with Crippen LogP contribution in [0.5, 0.6) is 0 Å². The summed E-state index contributed by atoms with van der Waals surface area (Å²) in [6.45, 7) is 0.720. The molecule has 2 heterocycles. The molecule has 0 aromatic carbocycles. The van der Waals surface area contributed by atoms with Crippen molar-refractivity contribution in [1.29, 1.82) is 0 Å². The molecule has 6 nitrogen and oxygen atoms in total. The standard InChI is InChI=1S/C14H18N4O2S/c1-18(9-6-12-4-7-16-8-5-12)21(19,20)14-3-2-13(10-15)11-17-14/h2-5,7-8,11H,6,9-10,15H2,1H3. The average molecular weight is 306 g/mol. The summed E-state index contributed by atoms with van der Waals surface area (Å²) in [5.41, 5.74) is 7.32. The van der Waals surface area contributed by atoms with E-state index in [0.717, 1.165) is 11.1 Å². The van der Waals surface area contributed by atoms with Crippen LogP contribution in [0.25, 0.3) is 0 Å². The highest BCUT2D eigenvalue weighted by Gasteiger charge is 2.21. The van der Waals surface area contributed by atoms with Crippen molar-refractivity contribution in [1.82, 2.24) is 14.3 Å². The molecule has 112 valence electrons. The number of nitrogens with zero attached hydrogens (tertiary/aromatic N) is 3. The van der Waals surface area contributed by atoms with Gasteiger partial charge in [0.2, 0.25) is 0 Å². The number of nitrogens with two attached hydrogens (primary N) is 1. The predicted octanol–water partition coefficient (Wildman–Crippen LogP) is 0.798. The molecule has 2 rings (SSSR count). The second-order valence-electron chi connectivity index (χ2n) is 4.64. The molecule has 0 saturated carbocycles. The quantitative estimate of drug-likeness (QED) is 0.852. The molecule has 0 unspecified atom stereocenters. The summed E-state index contributed by atoms with van der Waals surface area (Å²) in [5.74, 6) is 0. The van der Waals surface area contributed by atoms with Crippen LogP contribution in [-0.2, 0) is 23.0 Å². The minimum Gasteiger partial charge on any atom is -0.326 e. The summed E-state index contributed by atoms with van der Waals surface area (Å²) in [7, 11) is -2.02. The van der Waals surface area contributed by atoms with Gasteiger partial charge in [-0.3, -0.25) is 4.98 Å². The van der Waals surface area contributed by atoms with E-state index in [1.54, 1.807) is 25.5 Å². The Labute approximate surface area is 124 Å². The molecule has 0 aliphatic heterocycles. The van der Waals surface area contributed by atoms with E-state index in [2.05, 4.69) is 9.97 Å². The minimum atomic E-state index is -3.57. The lowest BCUT2D eigenvalue weighted by atomic mass is 10.2. The van der Waals surface area contributed by atoms with Crippen LogP contribution in [0.15, 0.2) is 47.9 Å². The number of rotatable bonds is 6. The normalized spacial score (nSPS) is 11.8. The van der Waals surface area contributed by atoms with E-state index in [-0.39, 0.29) is 5.03 Å². The summed E-state index contributed by atoms with van der Waals surface area (Å²) in [6.07, 6.45) is 5.50. The van der Waals surface area contributed by atoms with Crippen molar-refractivity contribution in [2.75, 3.05) is 13.6 Å². The van der Waals surface area contributed by atoms with Crippen LogP contribution in [0.1, 0.15) is 11.1 Å². The second-order valence-corrected chi connectivity index (χ2v) is 6.63.